The zero-order valence-electron chi connectivity index (χ0n) is 12.4. The van der Waals surface area contributed by atoms with Gasteiger partial charge in [0.2, 0.25) is 0 Å². The number of fused-ring (bicyclic) bond motifs is 1. The maximum atomic E-state index is 12.5. The molecule has 1 fully saturated rings. The van der Waals surface area contributed by atoms with E-state index in [-0.39, 0.29) is 36.8 Å². The summed E-state index contributed by atoms with van der Waals surface area (Å²) in [6, 6.07) is 10.0. The molecule has 4 nitrogen and oxygen atoms in total. The topological polar surface area (TPSA) is 54.0 Å². The van der Waals surface area contributed by atoms with Gasteiger partial charge in [0.05, 0.1) is 0 Å². The molecular formula is C16H21Cl2N3O. The van der Waals surface area contributed by atoms with E-state index in [4.69, 9.17) is 0 Å². The van der Waals surface area contributed by atoms with Crippen LogP contribution < -0.4 is 10.6 Å². The van der Waals surface area contributed by atoms with Crippen LogP contribution >= 0.6 is 24.8 Å². The molecule has 0 aliphatic carbocycles. The van der Waals surface area contributed by atoms with Crippen LogP contribution in [0.4, 0.5) is 0 Å². The zero-order valence-corrected chi connectivity index (χ0v) is 14.0. The molecule has 1 aromatic heterocycles. The molecule has 3 rings (SSSR count). The molecule has 0 bridgehead atoms. The normalized spacial score (nSPS) is 20.6. The molecule has 120 valence electrons. The second kappa shape index (κ2) is 8.32. The lowest BCUT2D eigenvalue weighted by molar-refractivity contribution is 0.0911. The van der Waals surface area contributed by atoms with Crippen LogP contribution in [0.3, 0.4) is 0 Å². The predicted octanol–water partition coefficient (Wildman–Crippen LogP) is 2.81. The summed E-state index contributed by atoms with van der Waals surface area (Å²) in [6.07, 6.45) is 2.67. The number of pyridine rings is 1. The van der Waals surface area contributed by atoms with Crippen molar-refractivity contribution in [2.24, 2.45) is 5.92 Å². The van der Waals surface area contributed by atoms with E-state index in [1.54, 1.807) is 6.20 Å². The molecule has 0 radical (unpaired) electrons. The van der Waals surface area contributed by atoms with Gasteiger partial charge in [0.1, 0.15) is 5.69 Å². The fraction of sp³-hybridized carbons (Fsp3) is 0.375. The molecule has 0 spiro atoms. The number of amides is 1. The number of benzene rings is 1. The van der Waals surface area contributed by atoms with Crippen molar-refractivity contribution >= 4 is 41.5 Å². The van der Waals surface area contributed by atoms with Gasteiger partial charge in [-0.2, -0.15) is 0 Å². The number of carbonyl (C=O) groups excluding carboxylic acids is 1. The minimum Gasteiger partial charge on any atom is -0.348 e. The van der Waals surface area contributed by atoms with E-state index >= 15 is 0 Å². The Kier molecular flexibility index (Phi) is 7.07. The monoisotopic (exact) mass is 341 g/mol. The second-order valence-electron chi connectivity index (χ2n) is 5.43. The summed E-state index contributed by atoms with van der Waals surface area (Å²) in [6.45, 7) is 4.07. The number of halogens is 2. The van der Waals surface area contributed by atoms with Crippen LogP contribution in [0.1, 0.15) is 23.8 Å². The van der Waals surface area contributed by atoms with Crippen LogP contribution in [0.2, 0.25) is 0 Å². The van der Waals surface area contributed by atoms with E-state index in [0.717, 1.165) is 30.3 Å². The van der Waals surface area contributed by atoms with Gasteiger partial charge in [-0.05, 0) is 36.9 Å². The number of hydrogen-bond acceptors (Lipinski definition) is 3. The van der Waals surface area contributed by atoms with Crippen LogP contribution in [-0.4, -0.2) is 30.0 Å². The van der Waals surface area contributed by atoms with Gasteiger partial charge in [-0.15, -0.1) is 24.8 Å². The highest BCUT2D eigenvalue weighted by molar-refractivity contribution is 6.05. The number of rotatable bonds is 2. The van der Waals surface area contributed by atoms with Gasteiger partial charge in [0.15, 0.2) is 0 Å². The first-order chi connectivity index (χ1) is 9.75. The Bertz CT molecular complexity index is 630. The van der Waals surface area contributed by atoms with E-state index in [2.05, 4.69) is 22.5 Å². The largest absolute Gasteiger partial charge is 0.348 e. The van der Waals surface area contributed by atoms with Crippen LogP contribution in [0, 0.1) is 5.92 Å². The van der Waals surface area contributed by atoms with Crippen LogP contribution in [0.25, 0.3) is 10.8 Å². The predicted molar refractivity (Wildman–Crippen MR) is 94.1 cm³/mol. The van der Waals surface area contributed by atoms with Crippen molar-refractivity contribution in [3.05, 3.63) is 42.2 Å². The number of carbonyl (C=O) groups is 1. The van der Waals surface area contributed by atoms with Crippen LogP contribution in [-0.2, 0) is 0 Å². The van der Waals surface area contributed by atoms with E-state index in [1.807, 2.05) is 30.3 Å². The fourth-order valence-electron chi connectivity index (χ4n) is 2.77. The Morgan fingerprint density at radius 1 is 1.27 bits per heavy atom. The molecule has 1 aliphatic heterocycles. The summed E-state index contributed by atoms with van der Waals surface area (Å²) in [7, 11) is 0. The summed E-state index contributed by atoms with van der Waals surface area (Å²) in [5.74, 6) is 0.378. The first-order valence-electron chi connectivity index (χ1n) is 7.11. The van der Waals surface area contributed by atoms with E-state index in [0.29, 0.717) is 11.6 Å². The molecule has 1 saturated heterocycles. The van der Waals surface area contributed by atoms with E-state index in [1.165, 1.54) is 0 Å². The van der Waals surface area contributed by atoms with Crippen LogP contribution in [0.5, 0.6) is 0 Å². The number of hydrogen-bond donors (Lipinski definition) is 2. The average Bonchev–Trinajstić information content (AvgIpc) is 2.49. The Hall–Kier alpha value is -1.36. The molecule has 1 aliphatic rings. The lowest BCUT2D eigenvalue weighted by Gasteiger charge is -2.30. The third-order valence-corrected chi connectivity index (χ3v) is 3.99. The van der Waals surface area contributed by atoms with Crippen molar-refractivity contribution < 1.29 is 4.79 Å². The lowest BCUT2D eigenvalue weighted by atomic mass is 9.95. The summed E-state index contributed by atoms with van der Waals surface area (Å²) in [5.41, 5.74) is 0.522. The Balaban J connectivity index is 0.00000121. The molecule has 1 aromatic carbocycles. The van der Waals surface area contributed by atoms with Gasteiger partial charge in [-0.1, -0.05) is 31.2 Å². The van der Waals surface area contributed by atoms with Crippen molar-refractivity contribution in [2.75, 3.05) is 13.1 Å². The van der Waals surface area contributed by atoms with Crippen molar-refractivity contribution in [1.29, 1.82) is 0 Å². The minimum atomic E-state index is -0.0689. The van der Waals surface area contributed by atoms with Crippen LogP contribution in [0.15, 0.2) is 36.5 Å². The van der Waals surface area contributed by atoms with Gasteiger partial charge >= 0.3 is 0 Å². The number of aromatic nitrogens is 1. The van der Waals surface area contributed by atoms with Gasteiger partial charge in [0.25, 0.3) is 5.91 Å². The number of piperidine rings is 1. The van der Waals surface area contributed by atoms with E-state index < -0.39 is 0 Å². The Morgan fingerprint density at radius 2 is 2.05 bits per heavy atom. The fourth-order valence-corrected chi connectivity index (χ4v) is 2.77. The summed E-state index contributed by atoms with van der Waals surface area (Å²) in [4.78, 5) is 16.7. The second-order valence-corrected chi connectivity index (χ2v) is 5.43. The number of nitrogens with one attached hydrogen (secondary N) is 2. The van der Waals surface area contributed by atoms with Gasteiger partial charge in [-0.3, -0.25) is 9.78 Å². The number of nitrogens with zero attached hydrogens (tertiary/aromatic N) is 1. The summed E-state index contributed by atoms with van der Waals surface area (Å²) in [5, 5.41) is 8.43. The molecular weight excluding hydrogens is 321 g/mol. The Morgan fingerprint density at radius 3 is 2.82 bits per heavy atom. The first-order valence-corrected chi connectivity index (χ1v) is 7.11. The third kappa shape index (κ3) is 3.88. The maximum absolute atomic E-state index is 12.5. The van der Waals surface area contributed by atoms with Crippen molar-refractivity contribution in [2.45, 2.75) is 19.4 Å². The lowest BCUT2D eigenvalue weighted by Crippen LogP contribution is -2.48. The van der Waals surface area contributed by atoms with Crippen molar-refractivity contribution in [3.63, 3.8) is 0 Å². The minimum absolute atomic E-state index is 0. The Labute approximate surface area is 142 Å². The quantitative estimate of drug-likeness (QED) is 0.882. The van der Waals surface area contributed by atoms with Crippen molar-refractivity contribution in [1.82, 2.24) is 15.6 Å². The average molecular weight is 342 g/mol. The molecule has 22 heavy (non-hydrogen) atoms. The van der Waals surface area contributed by atoms with E-state index in [9.17, 15) is 4.79 Å². The smallest absolute Gasteiger partial charge is 0.270 e. The first kappa shape index (κ1) is 18.7. The highest BCUT2D eigenvalue weighted by atomic mass is 35.5. The standard InChI is InChI=1S/C16H19N3O.2ClH/c1-11-10-17-8-7-14(11)19-16(20)15-13-5-3-2-4-12(13)6-9-18-15;;/h2-6,9,11,14,17H,7-8,10H2,1H3,(H,19,20);2*1H. The maximum Gasteiger partial charge on any atom is 0.270 e. The van der Waals surface area contributed by atoms with Gasteiger partial charge < -0.3 is 10.6 Å². The molecule has 2 atom stereocenters. The molecule has 2 unspecified atom stereocenters. The molecule has 2 heterocycles. The molecule has 2 aromatic rings. The van der Waals surface area contributed by atoms with Gasteiger partial charge in [-0.25, -0.2) is 0 Å². The molecule has 6 heteroatoms. The third-order valence-electron chi connectivity index (χ3n) is 3.99. The zero-order chi connectivity index (χ0) is 13.9. The summed E-state index contributed by atoms with van der Waals surface area (Å²) >= 11 is 0. The summed E-state index contributed by atoms with van der Waals surface area (Å²) < 4.78 is 0. The SMILES string of the molecule is CC1CNCCC1NC(=O)c1nccc2ccccc12.Cl.Cl. The highest BCUT2D eigenvalue weighted by Gasteiger charge is 2.24. The molecule has 1 amide bonds. The van der Waals surface area contributed by atoms with Gasteiger partial charge in [0, 0.05) is 17.6 Å². The molecule has 0 saturated carbocycles. The molecule has 2 N–H and O–H groups in total. The van der Waals surface area contributed by atoms with Crippen molar-refractivity contribution in [3.8, 4) is 0 Å². The highest BCUT2D eigenvalue weighted by Crippen LogP contribution is 2.17.